The second-order valence-electron chi connectivity index (χ2n) is 4.78. The third kappa shape index (κ3) is 2.76. The molecule has 0 spiro atoms. The first-order valence-electron chi connectivity index (χ1n) is 6.94. The van der Waals surface area contributed by atoms with E-state index in [-0.39, 0.29) is 0 Å². The molecule has 5 nitrogen and oxygen atoms in total. The highest BCUT2D eigenvalue weighted by Gasteiger charge is 2.10. The average Bonchev–Trinajstić information content (AvgIpc) is 2.54. The number of hydrogen-bond acceptors (Lipinski definition) is 5. The zero-order valence-electron chi connectivity index (χ0n) is 11.9. The second-order valence-corrected chi connectivity index (χ2v) is 4.78. The zero-order chi connectivity index (χ0) is 14.7. The van der Waals surface area contributed by atoms with Crippen molar-refractivity contribution < 1.29 is 0 Å². The van der Waals surface area contributed by atoms with Gasteiger partial charge in [-0.25, -0.2) is 9.97 Å². The molecule has 2 N–H and O–H groups in total. The van der Waals surface area contributed by atoms with Gasteiger partial charge < -0.3 is 10.6 Å². The molecule has 21 heavy (non-hydrogen) atoms. The summed E-state index contributed by atoms with van der Waals surface area (Å²) in [4.78, 5) is 15.3. The van der Waals surface area contributed by atoms with E-state index in [1.54, 1.807) is 12.4 Å². The van der Waals surface area contributed by atoms with Crippen molar-refractivity contribution in [1.82, 2.24) is 15.0 Å². The van der Waals surface area contributed by atoms with Crippen LogP contribution in [0.2, 0.25) is 0 Å². The number of rotatable bonds is 4. The lowest BCUT2D eigenvalue weighted by Gasteiger charge is -2.22. The van der Waals surface area contributed by atoms with Gasteiger partial charge in [-0.15, -0.1) is 0 Å². The molecule has 0 unspecified atom stereocenters. The molecule has 0 bridgehead atoms. The van der Waals surface area contributed by atoms with E-state index in [1.807, 2.05) is 36.4 Å². The fourth-order valence-electron chi connectivity index (χ4n) is 2.26. The van der Waals surface area contributed by atoms with Crippen LogP contribution in [0.4, 0.5) is 11.5 Å². The van der Waals surface area contributed by atoms with E-state index < -0.39 is 0 Å². The Bertz CT molecular complexity index is 756. The fourth-order valence-corrected chi connectivity index (χ4v) is 2.26. The molecule has 1 aromatic carbocycles. The molecule has 2 heterocycles. The van der Waals surface area contributed by atoms with Crippen LogP contribution in [-0.2, 0) is 6.54 Å². The van der Waals surface area contributed by atoms with Crippen molar-refractivity contribution >= 4 is 22.7 Å². The number of fused-ring (bicyclic) bond motifs is 1. The van der Waals surface area contributed by atoms with Gasteiger partial charge in [-0.1, -0.05) is 18.2 Å². The van der Waals surface area contributed by atoms with Gasteiger partial charge in [0.15, 0.2) is 5.65 Å². The van der Waals surface area contributed by atoms with E-state index in [0.29, 0.717) is 5.65 Å². The molecule has 0 fully saturated rings. The molecule has 106 valence electrons. The lowest BCUT2D eigenvalue weighted by molar-refractivity contribution is 0.817. The minimum Gasteiger partial charge on any atom is -0.398 e. The van der Waals surface area contributed by atoms with Crippen molar-refractivity contribution in [3.05, 3.63) is 54.4 Å². The first-order chi connectivity index (χ1) is 10.3. The van der Waals surface area contributed by atoms with E-state index in [4.69, 9.17) is 5.73 Å². The van der Waals surface area contributed by atoms with E-state index >= 15 is 0 Å². The number of nitrogens with zero attached hydrogens (tertiary/aromatic N) is 4. The van der Waals surface area contributed by atoms with Crippen LogP contribution in [0.5, 0.6) is 0 Å². The molecule has 3 rings (SSSR count). The van der Waals surface area contributed by atoms with E-state index in [2.05, 4.69) is 26.8 Å². The van der Waals surface area contributed by atoms with E-state index in [1.165, 1.54) is 0 Å². The highest BCUT2D eigenvalue weighted by Crippen LogP contribution is 2.19. The van der Waals surface area contributed by atoms with Crippen molar-refractivity contribution in [1.29, 1.82) is 0 Å². The first-order valence-corrected chi connectivity index (χ1v) is 6.94. The molecular formula is C16H17N5. The van der Waals surface area contributed by atoms with Crippen LogP contribution in [0.1, 0.15) is 12.5 Å². The van der Waals surface area contributed by atoms with Crippen molar-refractivity contribution in [3.8, 4) is 0 Å². The molecular weight excluding hydrogens is 262 g/mol. The Balaban J connectivity index is 1.93. The summed E-state index contributed by atoms with van der Waals surface area (Å²) in [7, 11) is 0. The Hall–Kier alpha value is -2.69. The Morgan fingerprint density at radius 1 is 1.05 bits per heavy atom. The quantitative estimate of drug-likeness (QED) is 0.744. The van der Waals surface area contributed by atoms with E-state index in [9.17, 15) is 0 Å². The van der Waals surface area contributed by atoms with Gasteiger partial charge in [0.05, 0.1) is 0 Å². The molecule has 0 saturated carbocycles. The third-order valence-electron chi connectivity index (χ3n) is 3.44. The van der Waals surface area contributed by atoms with Crippen LogP contribution >= 0.6 is 0 Å². The van der Waals surface area contributed by atoms with Gasteiger partial charge in [0.25, 0.3) is 0 Å². The van der Waals surface area contributed by atoms with Gasteiger partial charge in [-0.3, -0.25) is 4.98 Å². The Morgan fingerprint density at radius 2 is 1.86 bits per heavy atom. The fraction of sp³-hybridized carbons (Fsp3) is 0.188. The SMILES string of the molecule is CCN(Cc1ccccc1N)c1ccc2nccnc2n1. The number of hydrogen-bond donors (Lipinski definition) is 1. The maximum Gasteiger partial charge on any atom is 0.180 e. The van der Waals surface area contributed by atoms with Gasteiger partial charge in [0, 0.05) is 31.2 Å². The van der Waals surface area contributed by atoms with Crippen LogP contribution in [0, 0.1) is 0 Å². The molecule has 2 aromatic heterocycles. The Morgan fingerprint density at radius 3 is 2.67 bits per heavy atom. The molecule has 0 saturated heterocycles. The van der Waals surface area contributed by atoms with Gasteiger partial charge in [0.1, 0.15) is 11.3 Å². The summed E-state index contributed by atoms with van der Waals surface area (Å²) in [6, 6.07) is 11.8. The molecule has 0 aliphatic rings. The highest BCUT2D eigenvalue weighted by molar-refractivity contribution is 5.71. The molecule has 0 atom stereocenters. The van der Waals surface area contributed by atoms with Crippen LogP contribution < -0.4 is 10.6 Å². The third-order valence-corrected chi connectivity index (χ3v) is 3.44. The van der Waals surface area contributed by atoms with Gasteiger partial charge in [-0.05, 0) is 30.7 Å². The van der Waals surface area contributed by atoms with Crippen LogP contribution in [-0.4, -0.2) is 21.5 Å². The molecule has 0 aliphatic heterocycles. The summed E-state index contributed by atoms with van der Waals surface area (Å²) in [5, 5.41) is 0. The molecule has 3 aromatic rings. The lowest BCUT2D eigenvalue weighted by atomic mass is 10.1. The minimum absolute atomic E-state index is 0.662. The average molecular weight is 279 g/mol. The topological polar surface area (TPSA) is 67.9 Å². The van der Waals surface area contributed by atoms with Crippen LogP contribution in [0.25, 0.3) is 11.2 Å². The number of benzene rings is 1. The predicted octanol–water partition coefficient (Wildman–Crippen LogP) is 2.63. The first kappa shape index (κ1) is 13.3. The number of para-hydroxylation sites is 1. The van der Waals surface area contributed by atoms with Crippen molar-refractivity contribution in [2.45, 2.75) is 13.5 Å². The minimum atomic E-state index is 0.662. The summed E-state index contributed by atoms with van der Waals surface area (Å²) >= 11 is 0. The van der Waals surface area contributed by atoms with Gasteiger partial charge >= 0.3 is 0 Å². The predicted molar refractivity (Wildman–Crippen MR) is 84.9 cm³/mol. The highest BCUT2D eigenvalue weighted by atomic mass is 15.2. The van der Waals surface area contributed by atoms with Crippen LogP contribution in [0.3, 0.4) is 0 Å². The maximum atomic E-state index is 6.02. The summed E-state index contributed by atoms with van der Waals surface area (Å²) < 4.78 is 0. The molecule has 0 radical (unpaired) electrons. The number of anilines is 2. The number of aromatic nitrogens is 3. The summed E-state index contributed by atoms with van der Waals surface area (Å²) in [6.07, 6.45) is 3.33. The summed E-state index contributed by atoms with van der Waals surface area (Å²) in [5.74, 6) is 0.883. The van der Waals surface area contributed by atoms with E-state index in [0.717, 1.165) is 35.7 Å². The Kier molecular flexibility index (Phi) is 3.64. The molecule has 0 amide bonds. The smallest absolute Gasteiger partial charge is 0.180 e. The lowest BCUT2D eigenvalue weighted by Crippen LogP contribution is -2.23. The normalized spacial score (nSPS) is 10.7. The second kappa shape index (κ2) is 5.75. The summed E-state index contributed by atoms with van der Waals surface area (Å²) in [6.45, 7) is 3.66. The van der Waals surface area contributed by atoms with Crippen molar-refractivity contribution in [2.75, 3.05) is 17.2 Å². The number of nitrogen functional groups attached to an aromatic ring is 1. The standard InChI is InChI=1S/C16H17N5/c1-2-21(11-12-5-3-4-6-13(12)17)15-8-7-14-16(20-15)19-10-9-18-14/h3-10H,2,11,17H2,1H3. The van der Waals surface area contributed by atoms with Gasteiger partial charge in [0.2, 0.25) is 0 Å². The van der Waals surface area contributed by atoms with Gasteiger partial charge in [-0.2, -0.15) is 0 Å². The monoisotopic (exact) mass is 279 g/mol. The summed E-state index contributed by atoms with van der Waals surface area (Å²) in [5.41, 5.74) is 9.39. The van der Waals surface area contributed by atoms with Crippen molar-refractivity contribution in [2.24, 2.45) is 0 Å². The number of nitrogens with two attached hydrogens (primary N) is 1. The molecule has 0 aliphatic carbocycles. The number of pyridine rings is 1. The van der Waals surface area contributed by atoms with Crippen molar-refractivity contribution in [3.63, 3.8) is 0 Å². The Labute approximate surface area is 123 Å². The van der Waals surface area contributed by atoms with Crippen LogP contribution in [0.15, 0.2) is 48.8 Å². The maximum absolute atomic E-state index is 6.02. The zero-order valence-corrected chi connectivity index (χ0v) is 11.9. The largest absolute Gasteiger partial charge is 0.398 e. The molecule has 5 heteroatoms.